The van der Waals surface area contributed by atoms with Crippen molar-refractivity contribution in [2.75, 3.05) is 5.43 Å². The zero-order chi connectivity index (χ0) is 21.0. The van der Waals surface area contributed by atoms with Crippen LogP contribution in [0.15, 0.2) is 56.2 Å². The Morgan fingerprint density at radius 1 is 1.17 bits per heavy atom. The lowest BCUT2D eigenvalue weighted by Crippen LogP contribution is -2.29. The van der Waals surface area contributed by atoms with Crippen LogP contribution in [0.4, 0.5) is 5.88 Å². The van der Waals surface area contributed by atoms with Crippen molar-refractivity contribution in [3.05, 3.63) is 65.6 Å². The van der Waals surface area contributed by atoms with Gasteiger partial charge in [0.1, 0.15) is 17.6 Å². The maximum absolute atomic E-state index is 12.4. The molecule has 29 heavy (non-hydrogen) atoms. The van der Waals surface area contributed by atoms with Crippen molar-refractivity contribution in [3.8, 4) is 6.07 Å². The lowest BCUT2D eigenvalue weighted by Gasteiger charge is -2.04. The first kappa shape index (κ1) is 20.2. The van der Waals surface area contributed by atoms with Gasteiger partial charge in [0.05, 0.1) is 4.90 Å². The SMILES string of the molecule is CC(C)c1nc(C#N)c(NNC(=O)c2ccc(CS(=O)(=O)c3ccccc3)o2)o1. The number of anilines is 1. The second kappa shape index (κ2) is 8.20. The fraction of sp³-hybridized carbons (Fsp3) is 0.211. The van der Waals surface area contributed by atoms with Gasteiger partial charge in [-0.15, -0.1) is 0 Å². The molecule has 0 unspecified atom stereocenters. The first-order chi connectivity index (χ1) is 13.8. The van der Waals surface area contributed by atoms with E-state index in [1.165, 1.54) is 24.3 Å². The predicted octanol–water partition coefficient (Wildman–Crippen LogP) is 2.99. The van der Waals surface area contributed by atoms with Crippen molar-refractivity contribution in [2.45, 2.75) is 30.4 Å². The second-order valence-corrected chi connectivity index (χ2v) is 8.40. The average Bonchev–Trinajstić information content (AvgIpc) is 3.33. The molecule has 0 atom stereocenters. The molecule has 0 bridgehead atoms. The van der Waals surface area contributed by atoms with Gasteiger partial charge in [-0.05, 0) is 24.3 Å². The van der Waals surface area contributed by atoms with Gasteiger partial charge in [0.15, 0.2) is 15.6 Å². The number of sulfone groups is 1. The highest BCUT2D eigenvalue weighted by atomic mass is 32.2. The number of rotatable bonds is 7. The van der Waals surface area contributed by atoms with Crippen molar-refractivity contribution in [2.24, 2.45) is 0 Å². The maximum atomic E-state index is 12.4. The Morgan fingerprint density at radius 3 is 2.55 bits per heavy atom. The van der Waals surface area contributed by atoms with Gasteiger partial charge in [0, 0.05) is 5.92 Å². The van der Waals surface area contributed by atoms with Crippen molar-refractivity contribution >= 4 is 21.6 Å². The lowest BCUT2D eigenvalue weighted by molar-refractivity contribution is 0.0932. The molecule has 0 saturated carbocycles. The summed E-state index contributed by atoms with van der Waals surface area (Å²) in [5, 5.41) is 9.10. The zero-order valence-corrected chi connectivity index (χ0v) is 16.5. The number of nitriles is 1. The summed E-state index contributed by atoms with van der Waals surface area (Å²) >= 11 is 0. The molecule has 0 fully saturated rings. The second-order valence-electron chi connectivity index (χ2n) is 6.41. The average molecular weight is 414 g/mol. The van der Waals surface area contributed by atoms with E-state index >= 15 is 0 Å². The van der Waals surface area contributed by atoms with Crippen LogP contribution in [0, 0.1) is 11.3 Å². The van der Waals surface area contributed by atoms with E-state index in [0.717, 1.165) is 0 Å². The minimum Gasteiger partial charge on any atom is -0.455 e. The molecule has 2 N–H and O–H groups in total. The van der Waals surface area contributed by atoms with Crippen LogP contribution in [0.3, 0.4) is 0 Å². The number of amides is 1. The number of hydrazine groups is 1. The number of benzene rings is 1. The summed E-state index contributed by atoms with van der Waals surface area (Å²) in [7, 11) is -3.60. The van der Waals surface area contributed by atoms with E-state index in [-0.39, 0.29) is 39.7 Å². The van der Waals surface area contributed by atoms with Crippen molar-refractivity contribution < 1.29 is 22.0 Å². The van der Waals surface area contributed by atoms with Gasteiger partial charge in [-0.3, -0.25) is 15.6 Å². The lowest BCUT2D eigenvalue weighted by atomic mass is 10.2. The number of carbonyl (C=O) groups excluding carboxylic acids is 1. The monoisotopic (exact) mass is 414 g/mol. The van der Waals surface area contributed by atoms with Crippen LogP contribution in [0.1, 0.15) is 47.7 Å². The molecule has 0 aliphatic heterocycles. The van der Waals surface area contributed by atoms with E-state index < -0.39 is 15.7 Å². The minimum atomic E-state index is -3.60. The van der Waals surface area contributed by atoms with Crippen molar-refractivity contribution in [1.29, 1.82) is 5.26 Å². The summed E-state index contributed by atoms with van der Waals surface area (Å²) in [5.41, 5.74) is 4.83. The van der Waals surface area contributed by atoms with Crippen LogP contribution in [0.2, 0.25) is 0 Å². The number of hydrogen-bond donors (Lipinski definition) is 2. The molecule has 2 heterocycles. The molecule has 2 aromatic heterocycles. The quantitative estimate of drug-likeness (QED) is 0.563. The molecule has 3 rings (SSSR count). The van der Waals surface area contributed by atoms with Crippen LogP contribution in [-0.4, -0.2) is 19.3 Å². The molecule has 3 aromatic rings. The van der Waals surface area contributed by atoms with Crippen LogP contribution in [-0.2, 0) is 15.6 Å². The molecule has 9 nitrogen and oxygen atoms in total. The van der Waals surface area contributed by atoms with E-state index in [0.29, 0.717) is 5.89 Å². The summed E-state index contributed by atoms with van der Waals surface area (Å²) in [6, 6.07) is 12.6. The third kappa shape index (κ3) is 4.64. The maximum Gasteiger partial charge on any atom is 0.305 e. The first-order valence-electron chi connectivity index (χ1n) is 8.64. The van der Waals surface area contributed by atoms with Crippen LogP contribution in [0.25, 0.3) is 0 Å². The number of hydrogen-bond acceptors (Lipinski definition) is 8. The number of nitrogens with one attached hydrogen (secondary N) is 2. The predicted molar refractivity (Wildman–Crippen MR) is 102 cm³/mol. The van der Waals surface area contributed by atoms with Crippen molar-refractivity contribution in [1.82, 2.24) is 10.4 Å². The smallest absolute Gasteiger partial charge is 0.305 e. The van der Waals surface area contributed by atoms with Gasteiger partial charge >= 0.3 is 5.91 Å². The molecule has 150 valence electrons. The normalized spacial score (nSPS) is 11.2. The van der Waals surface area contributed by atoms with E-state index in [2.05, 4.69) is 15.8 Å². The van der Waals surface area contributed by atoms with Crippen molar-refractivity contribution in [3.63, 3.8) is 0 Å². The van der Waals surface area contributed by atoms with E-state index in [4.69, 9.17) is 14.1 Å². The van der Waals surface area contributed by atoms with Crippen LogP contribution < -0.4 is 10.9 Å². The molecular formula is C19H18N4O5S. The van der Waals surface area contributed by atoms with Gasteiger partial charge < -0.3 is 8.83 Å². The molecule has 0 aliphatic carbocycles. The topological polar surface area (TPSA) is 138 Å². The highest BCUT2D eigenvalue weighted by Crippen LogP contribution is 2.22. The summed E-state index contributed by atoms with van der Waals surface area (Å²) in [5.74, 6) is -0.702. The molecule has 10 heteroatoms. The Kier molecular flexibility index (Phi) is 5.70. The largest absolute Gasteiger partial charge is 0.455 e. The Balaban J connectivity index is 1.67. The highest BCUT2D eigenvalue weighted by molar-refractivity contribution is 7.90. The highest BCUT2D eigenvalue weighted by Gasteiger charge is 2.20. The Morgan fingerprint density at radius 2 is 1.90 bits per heavy atom. The third-order valence-electron chi connectivity index (χ3n) is 3.85. The van der Waals surface area contributed by atoms with E-state index in [1.807, 2.05) is 19.9 Å². The minimum absolute atomic E-state index is 0.00276. The van der Waals surface area contributed by atoms with Gasteiger partial charge in [0.25, 0.3) is 5.88 Å². The molecule has 0 spiro atoms. The summed E-state index contributed by atoms with van der Waals surface area (Å²) in [6.07, 6.45) is 0. The Bertz CT molecular complexity index is 1160. The summed E-state index contributed by atoms with van der Waals surface area (Å²) < 4.78 is 35.5. The standard InChI is InChI=1S/C19H18N4O5S/c1-12(2)18-21-15(10-20)19(28-18)23-22-17(24)16-9-8-13(27-16)11-29(25,26)14-6-4-3-5-7-14/h3-9,12,23H,11H2,1-2H3,(H,22,24). The summed E-state index contributed by atoms with van der Waals surface area (Å²) in [6.45, 7) is 3.70. The molecule has 0 radical (unpaired) electrons. The van der Waals surface area contributed by atoms with Gasteiger partial charge in [-0.25, -0.2) is 13.4 Å². The third-order valence-corrected chi connectivity index (χ3v) is 5.51. The Hall–Kier alpha value is -3.58. The van der Waals surface area contributed by atoms with E-state index in [9.17, 15) is 13.2 Å². The van der Waals surface area contributed by atoms with E-state index in [1.54, 1.807) is 18.2 Å². The molecule has 0 saturated heterocycles. The van der Waals surface area contributed by atoms with Gasteiger partial charge in [0.2, 0.25) is 11.6 Å². The first-order valence-corrected chi connectivity index (χ1v) is 10.3. The number of nitrogens with zero attached hydrogens (tertiary/aromatic N) is 2. The fourth-order valence-electron chi connectivity index (χ4n) is 2.40. The molecular weight excluding hydrogens is 396 g/mol. The number of aromatic nitrogens is 1. The Labute approximate surface area is 167 Å². The fourth-order valence-corrected chi connectivity index (χ4v) is 3.66. The van der Waals surface area contributed by atoms with Crippen LogP contribution in [0.5, 0.6) is 0 Å². The molecule has 1 aromatic carbocycles. The zero-order valence-electron chi connectivity index (χ0n) is 15.7. The number of carbonyl (C=O) groups is 1. The number of oxazole rings is 1. The number of furan rings is 1. The summed E-state index contributed by atoms with van der Waals surface area (Å²) in [4.78, 5) is 16.4. The van der Waals surface area contributed by atoms with Crippen LogP contribution >= 0.6 is 0 Å². The molecule has 1 amide bonds. The van der Waals surface area contributed by atoms with Gasteiger partial charge in [-0.1, -0.05) is 32.0 Å². The van der Waals surface area contributed by atoms with Gasteiger partial charge in [-0.2, -0.15) is 5.26 Å². The molecule has 0 aliphatic rings.